The summed E-state index contributed by atoms with van der Waals surface area (Å²) in [6.07, 6.45) is 1.15. The molecule has 0 aliphatic carbocycles. The highest BCUT2D eigenvalue weighted by Gasteiger charge is 2.27. The lowest BCUT2D eigenvalue weighted by atomic mass is 10.1. The van der Waals surface area contributed by atoms with Crippen molar-refractivity contribution < 1.29 is 4.79 Å². The van der Waals surface area contributed by atoms with Crippen molar-refractivity contribution in [2.75, 3.05) is 26.2 Å². The molecule has 1 aliphatic rings. The zero-order valence-electron chi connectivity index (χ0n) is 15.5. The summed E-state index contributed by atoms with van der Waals surface area (Å²) in [5.74, 6) is 0.588. The van der Waals surface area contributed by atoms with Crippen LogP contribution in [0.4, 0.5) is 0 Å². The second kappa shape index (κ2) is 7.83. The fraction of sp³-hybridized carbons (Fsp3) is 0.500. The Kier molecular flexibility index (Phi) is 5.53. The number of amides is 1. The number of hydrogen-bond donors (Lipinski definition) is 0. The summed E-state index contributed by atoms with van der Waals surface area (Å²) < 4.78 is 1.76. The molecule has 5 nitrogen and oxygen atoms in total. The standard InChI is InChI=1S/C20H28N4O/c1-4-24(20(25)19-12-16(2)22(3)21-19)15-18-10-11-23(14-18)13-17-8-6-5-7-9-17/h5-9,12,18H,4,10-11,13-15H2,1-3H3. The average Bonchev–Trinajstić information content (AvgIpc) is 3.19. The van der Waals surface area contributed by atoms with Gasteiger partial charge in [-0.25, -0.2) is 0 Å². The molecule has 1 saturated heterocycles. The van der Waals surface area contributed by atoms with E-state index in [0.717, 1.165) is 44.8 Å². The molecule has 25 heavy (non-hydrogen) atoms. The molecule has 0 radical (unpaired) electrons. The summed E-state index contributed by atoms with van der Waals surface area (Å²) in [5.41, 5.74) is 2.92. The van der Waals surface area contributed by atoms with Crippen LogP contribution in [0.15, 0.2) is 36.4 Å². The van der Waals surface area contributed by atoms with Gasteiger partial charge in [0.1, 0.15) is 0 Å². The normalized spacial score (nSPS) is 17.8. The van der Waals surface area contributed by atoms with E-state index in [0.29, 0.717) is 11.6 Å². The molecule has 0 spiro atoms. The first-order chi connectivity index (χ1) is 12.1. The van der Waals surface area contributed by atoms with Crippen molar-refractivity contribution in [2.45, 2.75) is 26.8 Å². The lowest BCUT2D eigenvalue weighted by Crippen LogP contribution is -2.36. The van der Waals surface area contributed by atoms with Crippen molar-refractivity contribution >= 4 is 5.91 Å². The molecule has 1 atom stereocenters. The van der Waals surface area contributed by atoms with Gasteiger partial charge in [-0.05, 0) is 44.4 Å². The van der Waals surface area contributed by atoms with Gasteiger partial charge in [0.15, 0.2) is 5.69 Å². The monoisotopic (exact) mass is 340 g/mol. The van der Waals surface area contributed by atoms with E-state index in [1.807, 2.05) is 31.9 Å². The number of nitrogens with zero attached hydrogens (tertiary/aromatic N) is 4. The fourth-order valence-electron chi connectivity index (χ4n) is 3.54. The van der Waals surface area contributed by atoms with Crippen LogP contribution in [-0.4, -0.2) is 51.7 Å². The third-order valence-electron chi connectivity index (χ3n) is 5.10. The van der Waals surface area contributed by atoms with Gasteiger partial charge in [-0.2, -0.15) is 5.10 Å². The molecular weight excluding hydrogens is 312 g/mol. The summed E-state index contributed by atoms with van der Waals surface area (Å²) in [4.78, 5) is 17.2. The molecule has 5 heteroatoms. The van der Waals surface area contributed by atoms with E-state index >= 15 is 0 Å². The molecule has 2 heterocycles. The minimum Gasteiger partial charge on any atom is -0.337 e. The minimum absolute atomic E-state index is 0.0488. The zero-order chi connectivity index (χ0) is 17.8. The Labute approximate surface area is 150 Å². The Morgan fingerprint density at radius 1 is 1.32 bits per heavy atom. The average molecular weight is 340 g/mol. The molecule has 1 unspecified atom stereocenters. The highest BCUT2D eigenvalue weighted by Crippen LogP contribution is 2.20. The molecule has 3 rings (SSSR count). The quantitative estimate of drug-likeness (QED) is 0.812. The van der Waals surface area contributed by atoms with Crippen molar-refractivity contribution in [3.8, 4) is 0 Å². The van der Waals surface area contributed by atoms with Crippen LogP contribution >= 0.6 is 0 Å². The van der Waals surface area contributed by atoms with Crippen molar-refractivity contribution in [1.29, 1.82) is 0 Å². The van der Waals surface area contributed by atoms with Gasteiger partial charge >= 0.3 is 0 Å². The van der Waals surface area contributed by atoms with Crippen molar-refractivity contribution in [1.82, 2.24) is 19.6 Å². The Bertz CT molecular complexity index is 690. The van der Waals surface area contributed by atoms with Crippen LogP contribution in [0.1, 0.15) is 35.1 Å². The number of aromatic nitrogens is 2. The third-order valence-corrected chi connectivity index (χ3v) is 5.10. The van der Waals surface area contributed by atoms with E-state index in [9.17, 15) is 4.79 Å². The van der Waals surface area contributed by atoms with Crippen molar-refractivity contribution in [3.05, 3.63) is 53.3 Å². The number of carbonyl (C=O) groups excluding carboxylic acids is 1. The lowest BCUT2D eigenvalue weighted by molar-refractivity contribution is 0.0732. The molecule has 1 aromatic carbocycles. The molecule has 1 amide bonds. The van der Waals surface area contributed by atoms with Crippen molar-refractivity contribution in [2.24, 2.45) is 13.0 Å². The molecule has 1 fully saturated rings. The molecule has 0 saturated carbocycles. The van der Waals surface area contributed by atoms with Gasteiger partial charge in [0, 0.05) is 38.9 Å². The van der Waals surface area contributed by atoms with Crippen molar-refractivity contribution in [3.63, 3.8) is 0 Å². The second-order valence-electron chi connectivity index (χ2n) is 7.01. The highest BCUT2D eigenvalue weighted by atomic mass is 16.2. The summed E-state index contributed by atoms with van der Waals surface area (Å²) in [6.45, 7) is 8.72. The van der Waals surface area contributed by atoms with Gasteiger partial charge in [-0.3, -0.25) is 14.4 Å². The van der Waals surface area contributed by atoms with Gasteiger partial charge in [0.25, 0.3) is 5.91 Å². The molecule has 134 valence electrons. The third kappa shape index (κ3) is 4.28. The van der Waals surface area contributed by atoms with Crippen LogP contribution < -0.4 is 0 Å². The van der Waals surface area contributed by atoms with E-state index in [1.54, 1.807) is 4.68 Å². The number of rotatable bonds is 6. The smallest absolute Gasteiger partial charge is 0.274 e. The maximum Gasteiger partial charge on any atom is 0.274 e. The maximum absolute atomic E-state index is 12.7. The van der Waals surface area contributed by atoms with Gasteiger partial charge in [0.2, 0.25) is 0 Å². The molecule has 0 bridgehead atoms. The van der Waals surface area contributed by atoms with E-state index in [1.165, 1.54) is 5.56 Å². The van der Waals surface area contributed by atoms with Crippen LogP contribution in [0.3, 0.4) is 0 Å². The predicted octanol–water partition coefficient (Wildman–Crippen LogP) is 2.71. The SMILES string of the molecule is CCN(CC1CCN(Cc2ccccc2)C1)C(=O)c1cc(C)n(C)n1. The van der Waals surface area contributed by atoms with E-state index in [-0.39, 0.29) is 5.91 Å². The summed E-state index contributed by atoms with van der Waals surface area (Å²) >= 11 is 0. The number of benzene rings is 1. The summed E-state index contributed by atoms with van der Waals surface area (Å²) in [6, 6.07) is 12.5. The van der Waals surface area contributed by atoms with Crippen LogP contribution in [0.5, 0.6) is 0 Å². The van der Waals surface area contributed by atoms with Gasteiger partial charge in [-0.15, -0.1) is 0 Å². The van der Waals surface area contributed by atoms with Crippen LogP contribution in [-0.2, 0) is 13.6 Å². The number of carbonyl (C=O) groups is 1. The summed E-state index contributed by atoms with van der Waals surface area (Å²) in [7, 11) is 1.88. The Morgan fingerprint density at radius 3 is 2.72 bits per heavy atom. The van der Waals surface area contributed by atoms with Crippen LogP contribution in [0.25, 0.3) is 0 Å². The van der Waals surface area contributed by atoms with Gasteiger partial charge in [0.05, 0.1) is 0 Å². The largest absolute Gasteiger partial charge is 0.337 e. The molecular formula is C20H28N4O. The molecule has 0 N–H and O–H groups in total. The molecule has 1 aliphatic heterocycles. The first kappa shape index (κ1) is 17.7. The molecule has 2 aromatic rings. The zero-order valence-corrected chi connectivity index (χ0v) is 15.5. The maximum atomic E-state index is 12.7. The Hall–Kier alpha value is -2.14. The Balaban J connectivity index is 1.56. The lowest BCUT2D eigenvalue weighted by Gasteiger charge is -2.24. The van der Waals surface area contributed by atoms with Crippen LogP contribution in [0.2, 0.25) is 0 Å². The summed E-state index contributed by atoms with van der Waals surface area (Å²) in [5, 5.41) is 4.34. The number of aryl methyl sites for hydroxylation is 2. The minimum atomic E-state index is 0.0488. The first-order valence-corrected chi connectivity index (χ1v) is 9.13. The highest BCUT2D eigenvalue weighted by molar-refractivity contribution is 5.92. The Morgan fingerprint density at radius 2 is 2.08 bits per heavy atom. The van der Waals surface area contributed by atoms with Gasteiger partial charge < -0.3 is 4.90 Å². The molecule has 1 aromatic heterocycles. The van der Waals surface area contributed by atoms with E-state index in [4.69, 9.17) is 0 Å². The second-order valence-corrected chi connectivity index (χ2v) is 7.01. The number of likely N-dealkylation sites (tertiary alicyclic amines) is 1. The fourth-order valence-corrected chi connectivity index (χ4v) is 3.54. The first-order valence-electron chi connectivity index (χ1n) is 9.13. The number of hydrogen-bond acceptors (Lipinski definition) is 3. The van der Waals surface area contributed by atoms with Crippen LogP contribution in [0, 0.1) is 12.8 Å². The predicted molar refractivity (Wildman–Crippen MR) is 99.3 cm³/mol. The van der Waals surface area contributed by atoms with E-state index < -0.39 is 0 Å². The topological polar surface area (TPSA) is 41.4 Å². The van der Waals surface area contributed by atoms with Gasteiger partial charge in [-0.1, -0.05) is 30.3 Å². The van der Waals surface area contributed by atoms with E-state index in [2.05, 4.69) is 40.3 Å².